The summed E-state index contributed by atoms with van der Waals surface area (Å²) in [6.45, 7) is 1.83. The van der Waals surface area contributed by atoms with Gasteiger partial charge in [0.05, 0.1) is 6.04 Å². The quantitative estimate of drug-likeness (QED) is 0.923. The highest BCUT2D eigenvalue weighted by molar-refractivity contribution is 7.13. The summed E-state index contributed by atoms with van der Waals surface area (Å²) in [5, 5.41) is 8.54. The fraction of sp³-hybridized carbons (Fsp3) is 0.462. The molecular weight excluding hydrogens is 292 g/mol. The van der Waals surface area contributed by atoms with Gasteiger partial charge in [-0.1, -0.05) is 0 Å². The Balaban J connectivity index is 1.51. The Hall–Kier alpha value is -1.31. The summed E-state index contributed by atoms with van der Waals surface area (Å²) in [7, 11) is 0. The van der Waals surface area contributed by atoms with Crippen molar-refractivity contribution in [1.82, 2.24) is 14.9 Å². The fourth-order valence-electron chi connectivity index (χ4n) is 2.48. The summed E-state index contributed by atoms with van der Waals surface area (Å²) < 4.78 is 0. The SMILES string of the molecule is O=C(CCN1CCC[C@H]1c1nccs1)Nc1nccs1. The zero-order valence-electron chi connectivity index (χ0n) is 11.0. The molecule has 1 aliphatic heterocycles. The van der Waals surface area contributed by atoms with Crippen LogP contribution in [0.3, 0.4) is 0 Å². The van der Waals surface area contributed by atoms with E-state index >= 15 is 0 Å². The van der Waals surface area contributed by atoms with Gasteiger partial charge in [0.25, 0.3) is 0 Å². The predicted octanol–water partition coefficient (Wildman–Crippen LogP) is 2.77. The van der Waals surface area contributed by atoms with Gasteiger partial charge in [-0.3, -0.25) is 9.69 Å². The Morgan fingerprint density at radius 2 is 2.20 bits per heavy atom. The number of thiazole rings is 2. The molecule has 0 radical (unpaired) electrons. The van der Waals surface area contributed by atoms with Gasteiger partial charge in [0.2, 0.25) is 5.91 Å². The smallest absolute Gasteiger partial charge is 0.227 e. The van der Waals surface area contributed by atoms with Gasteiger partial charge >= 0.3 is 0 Å². The summed E-state index contributed by atoms with van der Waals surface area (Å²) in [6, 6.07) is 0.391. The predicted molar refractivity (Wildman–Crippen MR) is 81.0 cm³/mol. The zero-order valence-corrected chi connectivity index (χ0v) is 12.6. The molecule has 2 aromatic heterocycles. The molecule has 1 fully saturated rings. The first kappa shape index (κ1) is 13.7. The number of likely N-dealkylation sites (tertiary alicyclic amines) is 1. The van der Waals surface area contributed by atoms with E-state index < -0.39 is 0 Å². The van der Waals surface area contributed by atoms with Crippen LogP contribution in [0.5, 0.6) is 0 Å². The number of carbonyl (C=O) groups is 1. The van der Waals surface area contributed by atoms with E-state index in [1.54, 1.807) is 17.5 Å². The van der Waals surface area contributed by atoms with Crippen LogP contribution in [0, 0.1) is 0 Å². The third-order valence-electron chi connectivity index (χ3n) is 3.40. The van der Waals surface area contributed by atoms with Gasteiger partial charge in [0, 0.05) is 36.1 Å². The first-order chi connectivity index (χ1) is 9.83. The molecule has 1 N–H and O–H groups in total. The molecule has 1 saturated heterocycles. The van der Waals surface area contributed by atoms with Crippen LogP contribution in [0.15, 0.2) is 23.2 Å². The standard InChI is InChI=1S/C13H16N4OS2/c18-11(16-13-15-5-9-20-13)3-7-17-6-1-2-10(17)12-14-4-8-19-12/h4-5,8-10H,1-3,6-7H2,(H,15,16,18)/t10-/m0/s1. The van der Waals surface area contributed by atoms with Gasteiger partial charge in [-0.25, -0.2) is 9.97 Å². The summed E-state index contributed by atoms with van der Waals surface area (Å²) >= 11 is 3.14. The maximum atomic E-state index is 11.9. The van der Waals surface area contributed by atoms with E-state index in [2.05, 4.69) is 20.2 Å². The molecule has 3 rings (SSSR count). The molecule has 0 unspecified atom stereocenters. The van der Waals surface area contributed by atoms with Crippen LogP contribution in [0.2, 0.25) is 0 Å². The van der Waals surface area contributed by atoms with Crippen LogP contribution < -0.4 is 5.32 Å². The average Bonchev–Trinajstić information content (AvgIpc) is 3.18. The minimum atomic E-state index is 0.0322. The molecule has 106 valence electrons. The van der Waals surface area contributed by atoms with Crippen molar-refractivity contribution in [3.63, 3.8) is 0 Å². The van der Waals surface area contributed by atoms with Gasteiger partial charge in [-0.05, 0) is 19.4 Å². The maximum Gasteiger partial charge on any atom is 0.227 e. The second kappa shape index (κ2) is 6.43. The van der Waals surface area contributed by atoms with E-state index in [1.807, 2.05) is 17.0 Å². The minimum absolute atomic E-state index is 0.0322. The van der Waals surface area contributed by atoms with Crippen LogP contribution in [0.25, 0.3) is 0 Å². The lowest BCUT2D eigenvalue weighted by Crippen LogP contribution is -2.27. The van der Waals surface area contributed by atoms with E-state index in [9.17, 15) is 4.79 Å². The molecule has 0 bridgehead atoms. The Morgan fingerprint density at radius 3 is 2.95 bits per heavy atom. The first-order valence-corrected chi connectivity index (χ1v) is 8.41. The number of anilines is 1. The van der Waals surface area contributed by atoms with Crippen molar-refractivity contribution < 1.29 is 4.79 Å². The summed E-state index contributed by atoms with van der Waals surface area (Å²) in [5.74, 6) is 0.0322. The molecule has 1 amide bonds. The molecule has 0 saturated carbocycles. The second-order valence-electron chi connectivity index (χ2n) is 4.70. The summed E-state index contributed by atoms with van der Waals surface area (Å²) in [6.07, 6.45) is 6.37. The highest BCUT2D eigenvalue weighted by Gasteiger charge is 2.27. The number of aromatic nitrogens is 2. The third kappa shape index (κ3) is 3.23. The number of hydrogen-bond donors (Lipinski definition) is 1. The molecular formula is C13H16N4OS2. The number of rotatable bonds is 5. The van der Waals surface area contributed by atoms with Gasteiger partial charge in [-0.15, -0.1) is 22.7 Å². The van der Waals surface area contributed by atoms with Crippen LogP contribution >= 0.6 is 22.7 Å². The molecule has 5 nitrogen and oxygen atoms in total. The molecule has 0 aliphatic carbocycles. The minimum Gasteiger partial charge on any atom is -0.302 e. The number of nitrogens with zero attached hydrogens (tertiary/aromatic N) is 3. The van der Waals surface area contributed by atoms with E-state index in [0.717, 1.165) is 19.5 Å². The highest BCUT2D eigenvalue weighted by atomic mass is 32.1. The lowest BCUT2D eigenvalue weighted by Gasteiger charge is -2.22. The first-order valence-electron chi connectivity index (χ1n) is 6.66. The topological polar surface area (TPSA) is 58.1 Å². The lowest BCUT2D eigenvalue weighted by molar-refractivity contribution is -0.116. The van der Waals surface area contributed by atoms with Crippen LogP contribution in [-0.4, -0.2) is 33.9 Å². The number of nitrogens with one attached hydrogen (secondary N) is 1. The normalized spacial score (nSPS) is 19.3. The van der Waals surface area contributed by atoms with Gasteiger partial charge < -0.3 is 5.32 Å². The van der Waals surface area contributed by atoms with Crippen molar-refractivity contribution in [3.05, 3.63) is 28.2 Å². The van der Waals surface area contributed by atoms with Crippen molar-refractivity contribution in [2.45, 2.75) is 25.3 Å². The van der Waals surface area contributed by atoms with Gasteiger partial charge in [0.1, 0.15) is 5.01 Å². The molecule has 7 heteroatoms. The van der Waals surface area contributed by atoms with Gasteiger partial charge in [0.15, 0.2) is 5.13 Å². The number of amides is 1. The molecule has 1 atom stereocenters. The van der Waals surface area contributed by atoms with E-state index in [4.69, 9.17) is 0 Å². The molecule has 1 aliphatic rings. The number of carbonyl (C=O) groups excluding carboxylic acids is 1. The van der Waals surface area contributed by atoms with Gasteiger partial charge in [-0.2, -0.15) is 0 Å². The Kier molecular flexibility index (Phi) is 4.39. The van der Waals surface area contributed by atoms with Crippen molar-refractivity contribution in [1.29, 1.82) is 0 Å². The Morgan fingerprint density at radius 1 is 1.35 bits per heavy atom. The second-order valence-corrected chi connectivity index (χ2v) is 6.52. The molecule has 3 heterocycles. The van der Waals surface area contributed by atoms with Crippen molar-refractivity contribution in [2.75, 3.05) is 18.4 Å². The molecule has 0 spiro atoms. The largest absolute Gasteiger partial charge is 0.302 e. The van der Waals surface area contributed by atoms with Crippen molar-refractivity contribution >= 4 is 33.7 Å². The van der Waals surface area contributed by atoms with E-state index in [1.165, 1.54) is 22.8 Å². The Bertz CT molecular complexity index is 541. The molecule has 0 aromatic carbocycles. The Labute approximate surface area is 125 Å². The monoisotopic (exact) mass is 308 g/mol. The summed E-state index contributed by atoms with van der Waals surface area (Å²) in [4.78, 5) is 22.7. The maximum absolute atomic E-state index is 11.9. The van der Waals surface area contributed by atoms with Crippen LogP contribution in [0.4, 0.5) is 5.13 Å². The highest BCUT2D eigenvalue weighted by Crippen LogP contribution is 2.32. The van der Waals surface area contributed by atoms with Crippen molar-refractivity contribution in [3.8, 4) is 0 Å². The van der Waals surface area contributed by atoms with E-state index in [-0.39, 0.29) is 5.91 Å². The summed E-state index contributed by atoms with van der Waals surface area (Å²) in [5.41, 5.74) is 0. The number of hydrogen-bond acceptors (Lipinski definition) is 6. The third-order valence-corrected chi connectivity index (χ3v) is 4.97. The lowest BCUT2D eigenvalue weighted by atomic mass is 10.2. The van der Waals surface area contributed by atoms with Crippen LogP contribution in [0.1, 0.15) is 30.3 Å². The molecule has 20 heavy (non-hydrogen) atoms. The fourth-order valence-corrected chi connectivity index (χ4v) is 3.84. The zero-order chi connectivity index (χ0) is 13.8. The van der Waals surface area contributed by atoms with Crippen molar-refractivity contribution in [2.24, 2.45) is 0 Å². The molecule has 2 aromatic rings. The van der Waals surface area contributed by atoms with Crippen LogP contribution in [-0.2, 0) is 4.79 Å². The van der Waals surface area contributed by atoms with E-state index in [0.29, 0.717) is 17.6 Å². The average molecular weight is 308 g/mol.